The van der Waals surface area contributed by atoms with Gasteiger partial charge in [0.1, 0.15) is 5.75 Å². The van der Waals surface area contributed by atoms with E-state index >= 15 is 0 Å². The second kappa shape index (κ2) is 9.34. The third-order valence-electron chi connectivity index (χ3n) is 4.00. The van der Waals surface area contributed by atoms with Crippen molar-refractivity contribution in [3.05, 3.63) is 53.1 Å². The number of ether oxygens (including phenoxy) is 3. The van der Waals surface area contributed by atoms with Crippen LogP contribution >= 0.6 is 11.6 Å². The van der Waals surface area contributed by atoms with Crippen LogP contribution in [-0.4, -0.2) is 26.2 Å². The maximum Gasteiger partial charge on any atom is 0.261 e. The van der Waals surface area contributed by atoms with Crippen LogP contribution in [0, 0.1) is 0 Å². The first-order valence-corrected chi connectivity index (χ1v) is 8.80. The van der Waals surface area contributed by atoms with Crippen LogP contribution in [0.4, 0.5) is 0 Å². The summed E-state index contributed by atoms with van der Waals surface area (Å²) in [5.41, 5.74) is 0.911. The molecule has 0 heterocycles. The van der Waals surface area contributed by atoms with Gasteiger partial charge in [-0.1, -0.05) is 30.7 Å². The maximum absolute atomic E-state index is 12.6. The topological polar surface area (TPSA) is 56.8 Å². The van der Waals surface area contributed by atoms with Crippen LogP contribution in [0.25, 0.3) is 0 Å². The van der Waals surface area contributed by atoms with Gasteiger partial charge in [0.25, 0.3) is 5.91 Å². The Kier molecular flexibility index (Phi) is 7.16. The molecule has 6 heteroatoms. The molecule has 0 fully saturated rings. The average Bonchev–Trinajstić information content (AvgIpc) is 2.65. The van der Waals surface area contributed by atoms with Crippen LogP contribution < -0.4 is 19.5 Å². The molecule has 0 aromatic heterocycles. The van der Waals surface area contributed by atoms with Crippen molar-refractivity contribution in [1.82, 2.24) is 5.32 Å². The molecule has 0 aliphatic heterocycles. The summed E-state index contributed by atoms with van der Waals surface area (Å²) in [6, 6.07) is 12.4. The minimum absolute atomic E-state index is 0.185. The Morgan fingerprint density at radius 2 is 1.85 bits per heavy atom. The molecule has 140 valence electrons. The molecule has 0 aliphatic rings. The zero-order valence-corrected chi connectivity index (χ0v) is 16.2. The lowest BCUT2D eigenvalue weighted by molar-refractivity contribution is -0.128. The van der Waals surface area contributed by atoms with E-state index in [0.29, 0.717) is 28.7 Å². The summed E-state index contributed by atoms with van der Waals surface area (Å²) in [6.07, 6.45) is -0.0622. The van der Waals surface area contributed by atoms with Crippen LogP contribution in [0.3, 0.4) is 0 Å². The Morgan fingerprint density at radius 1 is 1.12 bits per heavy atom. The van der Waals surface area contributed by atoms with Gasteiger partial charge >= 0.3 is 0 Å². The van der Waals surface area contributed by atoms with E-state index in [1.807, 2.05) is 32.0 Å². The third kappa shape index (κ3) is 5.05. The first-order chi connectivity index (χ1) is 12.5. The van der Waals surface area contributed by atoms with Crippen molar-refractivity contribution in [2.24, 2.45) is 0 Å². The van der Waals surface area contributed by atoms with Crippen molar-refractivity contribution >= 4 is 17.5 Å². The highest BCUT2D eigenvalue weighted by Gasteiger charge is 2.21. The van der Waals surface area contributed by atoms with Gasteiger partial charge in [0.05, 0.1) is 20.3 Å². The van der Waals surface area contributed by atoms with Gasteiger partial charge in [0.15, 0.2) is 17.6 Å². The Balaban J connectivity index is 2.06. The number of carbonyl (C=O) groups excluding carboxylic acids is 1. The fraction of sp³-hybridized carbons (Fsp3) is 0.350. The molecule has 5 nitrogen and oxygen atoms in total. The molecule has 0 saturated carbocycles. The molecule has 0 saturated heterocycles. The summed E-state index contributed by atoms with van der Waals surface area (Å²) in [5, 5.41) is 3.54. The van der Waals surface area contributed by atoms with E-state index in [4.69, 9.17) is 25.8 Å². The van der Waals surface area contributed by atoms with Crippen molar-refractivity contribution in [3.63, 3.8) is 0 Å². The SMILES string of the molecule is CC[C@@H](Oc1cccc(Cl)c1)C(=O)N[C@H](C)c1ccc(OC)c(OC)c1. The summed E-state index contributed by atoms with van der Waals surface area (Å²) in [6.45, 7) is 3.81. The molecular formula is C20H24ClNO4. The van der Waals surface area contributed by atoms with Crippen molar-refractivity contribution in [1.29, 1.82) is 0 Å². The minimum atomic E-state index is -0.601. The molecule has 0 bridgehead atoms. The normalized spacial score (nSPS) is 12.8. The largest absolute Gasteiger partial charge is 0.493 e. The number of carbonyl (C=O) groups is 1. The molecule has 0 aliphatic carbocycles. The molecule has 1 amide bonds. The van der Waals surface area contributed by atoms with Crippen molar-refractivity contribution in [2.75, 3.05) is 14.2 Å². The van der Waals surface area contributed by atoms with Crippen molar-refractivity contribution in [2.45, 2.75) is 32.4 Å². The van der Waals surface area contributed by atoms with E-state index in [2.05, 4.69) is 5.32 Å². The van der Waals surface area contributed by atoms with E-state index in [1.165, 1.54) is 0 Å². The van der Waals surface area contributed by atoms with Gasteiger partial charge in [-0.15, -0.1) is 0 Å². The van der Waals surface area contributed by atoms with Crippen LogP contribution in [0.15, 0.2) is 42.5 Å². The Labute approximate surface area is 159 Å². The molecular weight excluding hydrogens is 354 g/mol. The number of hydrogen-bond donors (Lipinski definition) is 1. The van der Waals surface area contributed by atoms with E-state index < -0.39 is 6.10 Å². The summed E-state index contributed by atoms with van der Waals surface area (Å²) in [7, 11) is 3.17. The number of amides is 1. The summed E-state index contributed by atoms with van der Waals surface area (Å²) < 4.78 is 16.3. The Morgan fingerprint density at radius 3 is 2.46 bits per heavy atom. The van der Waals surface area contributed by atoms with Gasteiger partial charge in [-0.2, -0.15) is 0 Å². The molecule has 0 spiro atoms. The Bertz CT molecular complexity index is 750. The number of nitrogens with one attached hydrogen (secondary N) is 1. The molecule has 1 N–H and O–H groups in total. The van der Waals surface area contributed by atoms with Crippen LogP contribution in [-0.2, 0) is 4.79 Å². The predicted molar refractivity (Wildman–Crippen MR) is 102 cm³/mol. The minimum Gasteiger partial charge on any atom is -0.493 e. The first kappa shape index (κ1) is 19.9. The smallest absolute Gasteiger partial charge is 0.261 e. The number of halogens is 1. The van der Waals surface area contributed by atoms with E-state index in [9.17, 15) is 4.79 Å². The molecule has 0 radical (unpaired) electrons. The zero-order chi connectivity index (χ0) is 19.1. The highest BCUT2D eigenvalue weighted by molar-refractivity contribution is 6.30. The standard InChI is InChI=1S/C20H24ClNO4/c1-5-17(26-16-8-6-7-15(21)12-16)20(23)22-13(2)14-9-10-18(24-3)19(11-14)25-4/h6-13,17H,5H2,1-4H3,(H,22,23)/t13-,17-/m1/s1. The van der Waals surface area contributed by atoms with Gasteiger partial charge < -0.3 is 19.5 Å². The van der Waals surface area contributed by atoms with Gasteiger partial charge in [0, 0.05) is 5.02 Å². The monoisotopic (exact) mass is 377 g/mol. The predicted octanol–water partition coefficient (Wildman–Crippen LogP) is 4.39. The van der Waals surface area contributed by atoms with Crippen LogP contribution in [0.2, 0.25) is 5.02 Å². The van der Waals surface area contributed by atoms with Gasteiger partial charge in [-0.25, -0.2) is 0 Å². The third-order valence-corrected chi connectivity index (χ3v) is 4.24. The van der Waals surface area contributed by atoms with Gasteiger partial charge in [-0.3, -0.25) is 4.79 Å². The van der Waals surface area contributed by atoms with E-state index in [0.717, 1.165) is 5.56 Å². The number of benzene rings is 2. The molecule has 2 rings (SSSR count). The second-order valence-corrected chi connectivity index (χ2v) is 6.25. The number of hydrogen-bond acceptors (Lipinski definition) is 4. The maximum atomic E-state index is 12.6. The average molecular weight is 378 g/mol. The Hall–Kier alpha value is -2.40. The zero-order valence-electron chi connectivity index (χ0n) is 15.4. The highest BCUT2D eigenvalue weighted by Crippen LogP contribution is 2.30. The second-order valence-electron chi connectivity index (χ2n) is 5.82. The quantitative estimate of drug-likeness (QED) is 0.741. The number of rotatable bonds is 8. The fourth-order valence-corrected chi connectivity index (χ4v) is 2.72. The summed E-state index contributed by atoms with van der Waals surface area (Å²) in [4.78, 5) is 12.6. The first-order valence-electron chi connectivity index (χ1n) is 8.43. The summed E-state index contributed by atoms with van der Waals surface area (Å²) >= 11 is 5.97. The van der Waals surface area contributed by atoms with Gasteiger partial charge in [0.2, 0.25) is 0 Å². The van der Waals surface area contributed by atoms with E-state index in [-0.39, 0.29) is 11.9 Å². The van der Waals surface area contributed by atoms with Crippen LogP contribution in [0.5, 0.6) is 17.2 Å². The molecule has 2 atom stereocenters. The molecule has 0 unspecified atom stereocenters. The van der Waals surface area contributed by atoms with Crippen molar-refractivity contribution in [3.8, 4) is 17.2 Å². The van der Waals surface area contributed by atoms with E-state index in [1.54, 1.807) is 38.5 Å². The van der Waals surface area contributed by atoms with Crippen molar-refractivity contribution < 1.29 is 19.0 Å². The van der Waals surface area contributed by atoms with Gasteiger partial charge in [-0.05, 0) is 49.2 Å². The lowest BCUT2D eigenvalue weighted by Gasteiger charge is -2.21. The molecule has 2 aromatic carbocycles. The highest BCUT2D eigenvalue weighted by atomic mass is 35.5. The number of methoxy groups -OCH3 is 2. The lowest BCUT2D eigenvalue weighted by Crippen LogP contribution is -2.39. The fourth-order valence-electron chi connectivity index (χ4n) is 2.54. The van der Waals surface area contributed by atoms with Crippen LogP contribution in [0.1, 0.15) is 31.9 Å². The molecule has 2 aromatic rings. The lowest BCUT2D eigenvalue weighted by atomic mass is 10.1. The summed E-state index contributed by atoms with van der Waals surface area (Å²) in [5.74, 6) is 1.65. The molecule has 26 heavy (non-hydrogen) atoms.